The van der Waals surface area contributed by atoms with E-state index in [4.69, 9.17) is 14.2 Å². The van der Waals surface area contributed by atoms with Gasteiger partial charge >= 0.3 is 11.9 Å². The van der Waals surface area contributed by atoms with Gasteiger partial charge in [0.05, 0.1) is 24.3 Å². The molecule has 0 aromatic heterocycles. The predicted octanol–water partition coefficient (Wildman–Crippen LogP) is 4.37. The molecule has 1 unspecified atom stereocenters. The first-order chi connectivity index (χ1) is 19.4. The summed E-state index contributed by atoms with van der Waals surface area (Å²) in [5.74, 6) is -2.52. The van der Waals surface area contributed by atoms with Gasteiger partial charge in [-0.25, -0.2) is 9.59 Å². The van der Waals surface area contributed by atoms with E-state index in [1.165, 1.54) is 24.3 Å². The number of amides is 2. The number of carbonyl (C=O) groups excluding carboxylic acids is 4. The molecule has 2 amide bonds. The summed E-state index contributed by atoms with van der Waals surface area (Å²) < 4.78 is 16.3. The lowest BCUT2D eigenvalue weighted by molar-refractivity contribution is -0.139. The van der Waals surface area contributed by atoms with Crippen LogP contribution in [0.25, 0.3) is 6.08 Å². The minimum Gasteiger partial charge on any atom is -0.490 e. The third-order valence-electron chi connectivity index (χ3n) is 6.09. The summed E-state index contributed by atoms with van der Waals surface area (Å²) in [5, 5.41) is 9.35. The van der Waals surface area contributed by atoms with Crippen LogP contribution in [-0.2, 0) is 20.7 Å². The fourth-order valence-corrected chi connectivity index (χ4v) is 4.26. The Bertz CT molecular complexity index is 1490. The summed E-state index contributed by atoms with van der Waals surface area (Å²) in [5.41, 5.74) is 1.41. The number of carbonyl (C=O) groups is 4. The van der Waals surface area contributed by atoms with E-state index < -0.39 is 29.8 Å². The molecule has 4 rings (SSSR count). The molecule has 0 saturated carbocycles. The molecule has 40 heavy (non-hydrogen) atoms. The molecule has 1 heterocycles. The zero-order valence-corrected chi connectivity index (χ0v) is 22.0. The number of fused-ring (bicyclic) bond motifs is 1. The van der Waals surface area contributed by atoms with Crippen molar-refractivity contribution >= 4 is 29.8 Å². The van der Waals surface area contributed by atoms with Gasteiger partial charge in [0.25, 0.3) is 11.8 Å². The highest BCUT2D eigenvalue weighted by Gasteiger charge is 2.43. The zero-order valence-electron chi connectivity index (χ0n) is 22.0. The van der Waals surface area contributed by atoms with E-state index in [0.29, 0.717) is 5.56 Å². The minimum absolute atomic E-state index is 0.0427. The van der Waals surface area contributed by atoms with Gasteiger partial charge in [0.1, 0.15) is 17.7 Å². The zero-order chi connectivity index (χ0) is 28.6. The van der Waals surface area contributed by atoms with Gasteiger partial charge in [0, 0.05) is 6.42 Å². The van der Waals surface area contributed by atoms with Gasteiger partial charge in [-0.2, -0.15) is 5.26 Å². The summed E-state index contributed by atoms with van der Waals surface area (Å²) in [6.07, 6.45) is 1.38. The Morgan fingerprint density at radius 1 is 0.900 bits per heavy atom. The van der Waals surface area contributed by atoms with Crippen LogP contribution < -0.4 is 9.47 Å². The van der Waals surface area contributed by atoms with Crippen molar-refractivity contribution < 1.29 is 33.4 Å². The maximum Gasteiger partial charge on any atom is 0.348 e. The van der Waals surface area contributed by atoms with Gasteiger partial charge in [-0.15, -0.1) is 0 Å². The quantitative estimate of drug-likeness (QED) is 0.123. The molecule has 3 aromatic carbocycles. The first-order valence-electron chi connectivity index (χ1n) is 12.7. The molecule has 0 N–H and O–H groups in total. The van der Waals surface area contributed by atoms with Crippen molar-refractivity contribution in [3.63, 3.8) is 0 Å². The highest BCUT2D eigenvalue weighted by atomic mass is 16.6. The maximum atomic E-state index is 13.6. The van der Waals surface area contributed by atoms with Crippen molar-refractivity contribution in [2.45, 2.75) is 26.3 Å². The van der Waals surface area contributed by atoms with Crippen LogP contribution in [0.1, 0.15) is 45.7 Å². The summed E-state index contributed by atoms with van der Waals surface area (Å²) in [6.45, 7) is 3.72. The molecule has 1 aliphatic rings. The third kappa shape index (κ3) is 5.92. The molecule has 9 nitrogen and oxygen atoms in total. The maximum absolute atomic E-state index is 13.6. The smallest absolute Gasteiger partial charge is 0.348 e. The number of hydrogen-bond donors (Lipinski definition) is 0. The van der Waals surface area contributed by atoms with E-state index >= 15 is 0 Å². The van der Waals surface area contributed by atoms with Gasteiger partial charge in [0.15, 0.2) is 11.5 Å². The van der Waals surface area contributed by atoms with Crippen LogP contribution in [0.2, 0.25) is 0 Å². The lowest BCUT2D eigenvalue weighted by Gasteiger charge is -2.25. The average Bonchev–Trinajstić information content (AvgIpc) is 3.21. The van der Waals surface area contributed by atoms with Crippen molar-refractivity contribution in [2.24, 2.45) is 0 Å². The predicted molar refractivity (Wildman–Crippen MR) is 144 cm³/mol. The normalized spacial score (nSPS) is 13.3. The summed E-state index contributed by atoms with van der Waals surface area (Å²) in [6, 6.07) is 20.5. The van der Waals surface area contributed by atoms with Crippen LogP contribution in [0.3, 0.4) is 0 Å². The number of ether oxygens (including phenoxy) is 3. The molecule has 0 saturated heterocycles. The fraction of sp³-hybridized carbons (Fsp3) is 0.194. The Balaban J connectivity index is 1.67. The van der Waals surface area contributed by atoms with Gasteiger partial charge in [-0.05, 0) is 55.3 Å². The number of imide groups is 1. The van der Waals surface area contributed by atoms with Crippen LogP contribution >= 0.6 is 0 Å². The summed E-state index contributed by atoms with van der Waals surface area (Å²) in [4.78, 5) is 53.1. The first-order valence-corrected chi connectivity index (χ1v) is 12.7. The number of hydrogen-bond acceptors (Lipinski definition) is 8. The fourth-order valence-electron chi connectivity index (χ4n) is 4.26. The Kier molecular flexibility index (Phi) is 8.72. The number of esters is 2. The molecule has 3 aromatic rings. The lowest BCUT2D eigenvalue weighted by Crippen LogP contribution is -2.48. The van der Waals surface area contributed by atoms with Gasteiger partial charge in [-0.3, -0.25) is 14.5 Å². The highest BCUT2D eigenvalue weighted by molar-refractivity contribution is 6.22. The highest BCUT2D eigenvalue weighted by Crippen LogP contribution is 2.32. The second kappa shape index (κ2) is 12.5. The van der Waals surface area contributed by atoms with E-state index in [0.717, 1.165) is 10.5 Å². The number of nitrogens with zero attached hydrogens (tertiary/aromatic N) is 2. The molecule has 0 bridgehead atoms. The van der Waals surface area contributed by atoms with Crippen molar-refractivity contribution in [1.29, 1.82) is 5.26 Å². The molecule has 0 radical (unpaired) electrons. The van der Waals surface area contributed by atoms with Crippen LogP contribution in [0.5, 0.6) is 11.5 Å². The molecule has 1 aliphatic heterocycles. The van der Waals surface area contributed by atoms with Crippen LogP contribution in [0.15, 0.2) is 78.4 Å². The SMILES string of the molecule is CCOC(=O)/C(C#N)=C/c1ccc(OC(=O)C(Cc2ccccc2)N2C(=O)c3ccccc3C2=O)c(OCC)c1. The van der Waals surface area contributed by atoms with Crippen molar-refractivity contribution in [3.8, 4) is 17.6 Å². The molecule has 202 valence electrons. The third-order valence-corrected chi connectivity index (χ3v) is 6.09. The van der Waals surface area contributed by atoms with E-state index in [9.17, 15) is 24.4 Å². The lowest BCUT2D eigenvalue weighted by atomic mass is 10.0. The Labute approximate surface area is 231 Å². The number of benzene rings is 3. The number of rotatable bonds is 10. The van der Waals surface area contributed by atoms with E-state index in [1.54, 1.807) is 62.4 Å². The van der Waals surface area contributed by atoms with Crippen LogP contribution in [0.4, 0.5) is 0 Å². The molecule has 0 fully saturated rings. The molecule has 0 spiro atoms. The topological polar surface area (TPSA) is 123 Å². The van der Waals surface area contributed by atoms with Crippen LogP contribution in [-0.4, -0.2) is 47.9 Å². The van der Waals surface area contributed by atoms with Crippen LogP contribution in [0, 0.1) is 11.3 Å². The summed E-state index contributed by atoms with van der Waals surface area (Å²) >= 11 is 0. The molecule has 0 aliphatic carbocycles. The minimum atomic E-state index is -1.25. The van der Waals surface area contributed by atoms with Crippen molar-refractivity contribution in [3.05, 3.63) is 101 Å². The standard InChI is InChI=1S/C31H26N2O7/c1-3-38-27-18-21(16-22(19-32)30(36)39-4-2)14-15-26(27)40-31(37)25(17-20-10-6-5-7-11-20)33-28(34)23-12-8-9-13-24(23)29(33)35/h5-16,18,25H,3-4,17H2,1-2H3/b22-16+. The number of nitriles is 1. The largest absolute Gasteiger partial charge is 0.490 e. The monoisotopic (exact) mass is 538 g/mol. The Morgan fingerprint density at radius 3 is 2.15 bits per heavy atom. The Hall–Kier alpha value is -5.23. The van der Waals surface area contributed by atoms with Crippen molar-refractivity contribution in [1.82, 2.24) is 4.90 Å². The van der Waals surface area contributed by atoms with Gasteiger partial charge in [0.2, 0.25) is 0 Å². The van der Waals surface area contributed by atoms with Gasteiger partial charge in [-0.1, -0.05) is 48.5 Å². The van der Waals surface area contributed by atoms with Crippen molar-refractivity contribution in [2.75, 3.05) is 13.2 Å². The van der Waals surface area contributed by atoms with Gasteiger partial charge < -0.3 is 14.2 Å². The molecular formula is C31H26N2O7. The van der Waals surface area contributed by atoms with E-state index in [-0.39, 0.29) is 47.8 Å². The van der Waals surface area contributed by atoms with E-state index in [1.807, 2.05) is 12.1 Å². The average molecular weight is 539 g/mol. The molecule has 9 heteroatoms. The second-order valence-electron chi connectivity index (χ2n) is 8.68. The first kappa shape index (κ1) is 27.8. The second-order valence-corrected chi connectivity index (χ2v) is 8.68. The molecular weight excluding hydrogens is 512 g/mol. The van der Waals surface area contributed by atoms with E-state index in [2.05, 4.69) is 0 Å². The Morgan fingerprint density at radius 2 is 1.55 bits per heavy atom. The summed E-state index contributed by atoms with van der Waals surface area (Å²) in [7, 11) is 0. The molecule has 1 atom stereocenters.